The van der Waals surface area contributed by atoms with Crippen LogP contribution in [-0.4, -0.2) is 60.4 Å². The molecular formula is C17H23N3O2. The number of imide groups is 1. The van der Waals surface area contributed by atoms with Gasteiger partial charge < -0.3 is 4.90 Å². The van der Waals surface area contributed by atoms with Gasteiger partial charge in [-0.15, -0.1) is 0 Å². The maximum atomic E-state index is 12.7. The molecule has 1 aromatic rings. The summed E-state index contributed by atoms with van der Waals surface area (Å²) in [5, 5.41) is 0. The van der Waals surface area contributed by atoms with Crippen molar-refractivity contribution in [3.63, 3.8) is 0 Å². The molecule has 1 unspecified atom stereocenters. The number of carbonyl (C=O) groups excluding carboxylic acids is 2. The standard InChI is InChI=1S/C17H23N3O2/c1-3-18-7-9-19(10-8-18)15-12-16(21)20(17(15)22)14-6-4-5-13(2)11-14/h4-6,11,15H,3,7-10,12H2,1-2H3. The van der Waals surface area contributed by atoms with Gasteiger partial charge in [0.15, 0.2) is 0 Å². The summed E-state index contributed by atoms with van der Waals surface area (Å²) in [5.41, 5.74) is 1.75. The van der Waals surface area contributed by atoms with E-state index in [1.165, 1.54) is 4.90 Å². The summed E-state index contributed by atoms with van der Waals surface area (Å²) < 4.78 is 0. The van der Waals surface area contributed by atoms with Crippen molar-refractivity contribution in [2.24, 2.45) is 0 Å². The van der Waals surface area contributed by atoms with E-state index in [-0.39, 0.29) is 17.9 Å². The molecule has 1 atom stereocenters. The Morgan fingerprint density at radius 2 is 1.86 bits per heavy atom. The quantitative estimate of drug-likeness (QED) is 0.789. The van der Waals surface area contributed by atoms with Gasteiger partial charge in [-0.2, -0.15) is 0 Å². The molecule has 0 N–H and O–H groups in total. The van der Waals surface area contributed by atoms with Gasteiger partial charge in [-0.3, -0.25) is 14.5 Å². The normalized spacial score (nSPS) is 24.3. The zero-order valence-corrected chi connectivity index (χ0v) is 13.3. The lowest BCUT2D eigenvalue weighted by molar-refractivity contribution is -0.123. The predicted octanol–water partition coefficient (Wildman–Crippen LogP) is 1.26. The number of benzene rings is 1. The molecule has 2 aliphatic heterocycles. The molecule has 0 aliphatic carbocycles. The van der Waals surface area contributed by atoms with Gasteiger partial charge in [0.25, 0.3) is 5.91 Å². The molecule has 1 aromatic carbocycles. The van der Waals surface area contributed by atoms with E-state index < -0.39 is 0 Å². The van der Waals surface area contributed by atoms with Gasteiger partial charge >= 0.3 is 0 Å². The van der Waals surface area contributed by atoms with Gasteiger partial charge in [-0.1, -0.05) is 19.1 Å². The summed E-state index contributed by atoms with van der Waals surface area (Å²) in [4.78, 5) is 31.0. The third-order valence-electron chi connectivity index (χ3n) is 4.68. The van der Waals surface area contributed by atoms with Crippen molar-refractivity contribution in [2.45, 2.75) is 26.3 Å². The summed E-state index contributed by atoms with van der Waals surface area (Å²) in [5.74, 6) is -0.154. The van der Waals surface area contributed by atoms with Crippen LogP contribution in [0.25, 0.3) is 0 Å². The molecule has 5 heteroatoms. The third kappa shape index (κ3) is 2.78. The Balaban J connectivity index is 1.75. The fraction of sp³-hybridized carbons (Fsp3) is 0.529. The minimum absolute atomic E-state index is 0.0689. The SMILES string of the molecule is CCN1CCN(C2CC(=O)N(c3cccc(C)c3)C2=O)CC1. The summed E-state index contributed by atoms with van der Waals surface area (Å²) in [6, 6.07) is 7.30. The lowest BCUT2D eigenvalue weighted by Gasteiger charge is -2.36. The van der Waals surface area contributed by atoms with E-state index >= 15 is 0 Å². The van der Waals surface area contributed by atoms with Crippen molar-refractivity contribution in [2.75, 3.05) is 37.6 Å². The summed E-state index contributed by atoms with van der Waals surface area (Å²) in [7, 11) is 0. The Morgan fingerprint density at radius 1 is 1.14 bits per heavy atom. The van der Waals surface area contributed by atoms with Gasteiger partial charge in [0.05, 0.1) is 18.2 Å². The van der Waals surface area contributed by atoms with Gasteiger partial charge in [0, 0.05) is 26.2 Å². The molecule has 2 fully saturated rings. The van der Waals surface area contributed by atoms with Crippen molar-refractivity contribution >= 4 is 17.5 Å². The van der Waals surface area contributed by atoms with Crippen LogP contribution in [0.5, 0.6) is 0 Å². The van der Waals surface area contributed by atoms with E-state index in [9.17, 15) is 9.59 Å². The van der Waals surface area contributed by atoms with E-state index in [1.807, 2.05) is 31.2 Å². The van der Waals surface area contributed by atoms with E-state index in [0.717, 1.165) is 38.3 Å². The molecule has 2 saturated heterocycles. The van der Waals surface area contributed by atoms with Crippen molar-refractivity contribution < 1.29 is 9.59 Å². The van der Waals surface area contributed by atoms with Crippen LogP contribution in [0, 0.1) is 6.92 Å². The minimum atomic E-state index is -0.285. The minimum Gasteiger partial charge on any atom is -0.301 e. The number of piperazine rings is 1. The van der Waals surface area contributed by atoms with Crippen LogP contribution in [0.3, 0.4) is 0 Å². The van der Waals surface area contributed by atoms with Gasteiger partial charge in [0.2, 0.25) is 5.91 Å². The number of anilines is 1. The highest BCUT2D eigenvalue weighted by Gasteiger charge is 2.43. The highest BCUT2D eigenvalue weighted by molar-refractivity contribution is 6.22. The second-order valence-electron chi connectivity index (χ2n) is 6.10. The molecule has 0 spiro atoms. The van der Waals surface area contributed by atoms with E-state index in [1.54, 1.807) is 0 Å². The van der Waals surface area contributed by atoms with E-state index in [4.69, 9.17) is 0 Å². The zero-order valence-electron chi connectivity index (χ0n) is 13.3. The summed E-state index contributed by atoms with van der Waals surface area (Å²) >= 11 is 0. The maximum Gasteiger partial charge on any atom is 0.251 e. The molecule has 118 valence electrons. The average molecular weight is 301 g/mol. The number of likely N-dealkylation sites (N-methyl/N-ethyl adjacent to an activating group) is 1. The molecule has 2 aliphatic rings. The van der Waals surface area contributed by atoms with Gasteiger partial charge in [-0.25, -0.2) is 4.90 Å². The summed E-state index contributed by atoms with van der Waals surface area (Å²) in [6.45, 7) is 8.83. The average Bonchev–Trinajstić information content (AvgIpc) is 2.82. The number of aryl methyl sites for hydroxylation is 1. The van der Waals surface area contributed by atoms with Crippen molar-refractivity contribution in [3.8, 4) is 0 Å². The van der Waals surface area contributed by atoms with Crippen LogP contribution >= 0.6 is 0 Å². The first kappa shape index (κ1) is 15.2. The lowest BCUT2D eigenvalue weighted by Crippen LogP contribution is -2.52. The van der Waals surface area contributed by atoms with Crippen LogP contribution in [-0.2, 0) is 9.59 Å². The molecule has 0 saturated carbocycles. The molecule has 0 radical (unpaired) electrons. The number of hydrogen-bond acceptors (Lipinski definition) is 4. The van der Waals surface area contributed by atoms with Crippen LogP contribution < -0.4 is 4.90 Å². The number of hydrogen-bond donors (Lipinski definition) is 0. The molecule has 5 nitrogen and oxygen atoms in total. The number of amides is 2. The molecule has 0 bridgehead atoms. The highest BCUT2D eigenvalue weighted by atomic mass is 16.2. The Labute approximate surface area is 131 Å². The number of nitrogens with zero attached hydrogens (tertiary/aromatic N) is 3. The second-order valence-corrected chi connectivity index (χ2v) is 6.10. The first-order valence-electron chi connectivity index (χ1n) is 8.00. The van der Waals surface area contributed by atoms with Gasteiger partial charge in [-0.05, 0) is 31.2 Å². The molecule has 2 amide bonds. The van der Waals surface area contributed by atoms with Gasteiger partial charge in [0.1, 0.15) is 0 Å². The van der Waals surface area contributed by atoms with Crippen LogP contribution in [0.2, 0.25) is 0 Å². The van der Waals surface area contributed by atoms with Crippen LogP contribution in [0.15, 0.2) is 24.3 Å². The van der Waals surface area contributed by atoms with Crippen LogP contribution in [0.4, 0.5) is 5.69 Å². The smallest absolute Gasteiger partial charge is 0.251 e. The molecular weight excluding hydrogens is 278 g/mol. The first-order chi connectivity index (χ1) is 10.6. The van der Waals surface area contributed by atoms with Crippen LogP contribution in [0.1, 0.15) is 18.9 Å². The molecule has 3 rings (SSSR count). The monoisotopic (exact) mass is 301 g/mol. The maximum absolute atomic E-state index is 12.7. The van der Waals surface area contributed by atoms with E-state index in [0.29, 0.717) is 12.1 Å². The topological polar surface area (TPSA) is 43.9 Å². The molecule has 0 aromatic heterocycles. The highest BCUT2D eigenvalue weighted by Crippen LogP contribution is 2.26. The second kappa shape index (κ2) is 6.18. The fourth-order valence-corrected chi connectivity index (χ4v) is 3.33. The number of rotatable bonds is 3. The van der Waals surface area contributed by atoms with Crippen molar-refractivity contribution in [1.82, 2.24) is 9.80 Å². The zero-order chi connectivity index (χ0) is 15.7. The van der Waals surface area contributed by atoms with Crippen molar-refractivity contribution in [3.05, 3.63) is 29.8 Å². The molecule has 22 heavy (non-hydrogen) atoms. The fourth-order valence-electron chi connectivity index (χ4n) is 3.33. The Hall–Kier alpha value is -1.72. The Kier molecular flexibility index (Phi) is 4.27. The first-order valence-corrected chi connectivity index (χ1v) is 8.00. The largest absolute Gasteiger partial charge is 0.301 e. The number of carbonyl (C=O) groups is 2. The Morgan fingerprint density at radius 3 is 2.50 bits per heavy atom. The van der Waals surface area contributed by atoms with E-state index in [2.05, 4.69) is 16.7 Å². The summed E-state index contributed by atoms with van der Waals surface area (Å²) in [6.07, 6.45) is 0.304. The molecule has 2 heterocycles. The Bertz CT molecular complexity index is 579. The predicted molar refractivity (Wildman–Crippen MR) is 85.8 cm³/mol. The van der Waals surface area contributed by atoms with Crippen molar-refractivity contribution in [1.29, 1.82) is 0 Å². The third-order valence-corrected chi connectivity index (χ3v) is 4.68. The lowest BCUT2D eigenvalue weighted by atomic mass is 10.1.